The highest BCUT2D eigenvalue weighted by atomic mass is 32.2. The second-order valence-corrected chi connectivity index (χ2v) is 5.92. The van der Waals surface area contributed by atoms with Crippen LogP contribution in [0, 0.1) is 18.8 Å². The molecule has 0 aliphatic heterocycles. The number of benzene rings is 1. The highest BCUT2D eigenvalue weighted by molar-refractivity contribution is 7.89. The van der Waals surface area contributed by atoms with Crippen LogP contribution in [0.2, 0.25) is 0 Å². The van der Waals surface area contributed by atoms with Crippen LogP contribution in [0.25, 0.3) is 0 Å². The van der Waals surface area contributed by atoms with Crippen LogP contribution in [-0.4, -0.2) is 26.7 Å². The largest absolute Gasteiger partial charge is 0.395 e. The van der Waals surface area contributed by atoms with E-state index in [-0.39, 0.29) is 11.5 Å². The smallest absolute Gasteiger partial charge is 0.240 e. The van der Waals surface area contributed by atoms with Gasteiger partial charge < -0.3 is 5.11 Å². The SMILES string of the molecule is CCCNS(=O)(=O)c1ccc(C#CCCO)c(C)c1. The van der Waals surface area contributed by atoms with E-state index in [9.17, 15) is 8.42 Å². The maximum atomic E-state index is 11.9. The maximum Gasteiger partial charge on any atom is 0.240 e. The van der Waals surface area contributed by atoms with Crippen LogP contribution in [0.15, 0.2) is 23.1 Å². The van der Waals surface area contributed by atoms with Crippen molar-refractivity contribution >= 4 is 10.0 Å². The van der Waals surface area contributed by atoms with Gasteiger partial charge in [-0.15, -0.1) is 0 Å². The Hall–Kier alpha value is -1.35. The van der Waals surface area contributed by atoms with Crippen molar-refractivity contribution in [1.29, 1.82) is 0 Å². The monoisotopic (exact) mass is 281 g/mol. The number of aliphatic hydroxyl groups excluding tert-OH is 1. The van der Waals surface area contributed by atoms with Gasteiger partial charge in [-0.3, -0.25) is 0 Å². The summed E-state index contributed by atoms with van der Waals surface area (Å²) in [6.45, 7) is 4.19. The van der Waals surface area contributed by atoms with Crippen molar-refractivity contribution in [3.05, 3.63) is 29.3 Å². The number of aliphatic hydroxyl groups is 1. The molecule has 5 heteroatoms. The topological polar surface area (TPSA) is 66.4 Å². The van der Waals surface area contributed by atoms with Crippen LogP contribution in [0.3, 0.4) is 0 Å². The summed E-state index contributed by atoms with van der Waals surface area (Å²) in [5, 5.41) is 8.66. The number of sulfonamides is 1. The lowest BCUT2D eigenvalue weighted by Crippen LogP contribution is -2.24. The van der Waals surface area contributed by atoms with Crippen molar-refractivity contribution in [2.75, 3.05) is 13.2 Å². The second-order valence-electron chi connectivity index (χ2n) is 4.15. The van der Waals surface area contributed by atoms with Gasteiger partial charge in [-0.25, -0.2) is 13.1 Å². The Balaban J connectivity index is 2.97. The van der Waals surface area contributed by atoms with Crippen molar-refractivity contribution < 1.29 is 13.5 Å². The molecule has 0 bridgehead atoms. The minimum absolute atomic E-state index is 0.0272. The zero-order chi connectivity index (χ0) is 14.3. The average Bonchev–Trinajstić information content (AvgIpc) is 2.38. The molecular formula is C14H19NO3S. The van der Waals surface area contributed by atoms with Gasteiger partial charge in [0.05, 0.1) is 11.5 Å². The number of rotatable bonds is 5. The van der Waals surface area contributed by atoms with Gasteiger partial charge in [0.2, 0.25) is 10.0 Å². The summed E-state index contributed by atoms with van der Waals surface area (Å²) in [7, 11) is -3.43. The predicted octanol–water partition coefficient (Wildman–Crippen LogP) is 1.42. The van der Waals surface area contributed by atoms with Crippen molar-refractivity contribution in [2.45, 2.75) is 31.6 Å². The average molecular weight is 281 g/mol. The quantitative estimate of drug-likeness (QED) is 0.802. The molecule has 19 heavy (non-hydrogen) atoms. The normalized spacial score (nSPS) is 10.9. The molecule has 0 aliphatic rings. The van der Waals surface area contributed by atoms with Crippen LogP contribution in [-0.2, 0) is 10.0 Å². The lowest BCUT2D eigenvalue weighted by molar-refractivity contribution is 0.305. The van der Waals surface area contributed by atoms with Crippen LogP contribution in [0.1, 0.15) is 30.9 Å². The number of aryl methyl sites for hydroxylation is 1. The Bertz CT molecular complexity index is 582. The highest BCUT2D eigenvalue weighted by Crippen LogP contribution is 2.14. The minimum Gasteiger partial charge on any atom is -0.395 e. The molecule has 0 atom stereocenters. The van der Waals surface area contributed by atoms with Gasteiger partial charge in [-0.2, -0.15) is 0 Å². The molecule has 4 nitrogen and oxygen atoms in total. The fraction of sp³-hybridized carbons (Fsp3) is 0.429. The molecule has 1 rings (SSSR count). The van der Waals surface area contributed by atoms with E-state index in [1.165, 1.54) is 0 Å². The van der Waals surface area contributed by atoms with Gasteiger partial charge in [0.1, 0.15) is 0 Å². The molecule has 0 spiro atoms. The van der Waals surface area contributed by atoms with Gasteiger partial charge in [-0.05, 0) is 37.1 Å². The van der Waals surface area contributed by atoms with Crippen LogP contribution in [0.4, 0.5) is 0 Å². The van der Waals surface area contributed by atoms with E-state index < -0.39 is 10.0 Å². The van der Waals surface area contributed by atoms with E-state index in [0.29, 0.717) is 13.0 Å². The fourth-order valence-electron chi connectivity index (χ4n) is 1.48. The molecule has 0 heterocycles. The Kier molecular flexibility index (Phi) is 6.03. The molecule has 0 radical (unpaired) electrons. The number of hydrogen-bond acceptors (Lipinski definition) is 3. The highest BCUT2D eigenvalue weighted by Gasteiger charge is 2.13. The molecule has 0 saturated heterocycles. The summed E-state index contributed by atoms with van der Waals surface area (Å²) < 4.78 is 26.4. The Morgan fingerprint density at radius 1 is 1.37 bits per heavy atom. The van der Waals surface area contributed by atoms with E-state index >= 15 is 0 Å². The van der Waals surface area contributed by atoms with Gasteiger partial charge in [-0.1, -0.05) is 18.8 Å². The Labute approximate surface area is 114 Å². The first kappa shape index (κ1) is 15.7. The standard InChI is InChI=1S/C14H19NO3S/c1-3-9-15-19(17,18)14-8-7-13(12(2)11-14)6-4-5-10-16/h7-8,11,15-16H,3,5,9-10H2,1-2H3. The zero-order valence-electron chi connectivity index (χ0n) is 11.2. The third kappa shape index (κ3) is 4.67. The minimum atomic E-state index is -3.43. The van der Waals surface area contributed by atoms with E-state index in [4.69, 9.17) is 5.11 Å². The molecule has 2 N–H and O–H groups in total. The van der Waals surface area contributed by atoms with Crippen LogP contribution < -0.4 is 4.72 Å². The first-order valence-electron chi connectivity index (χ1n) is 6.21. The molecule has 0 aliphatic carbocycles. The predicted molar refractivity (Wildman–Crippen MR) is 75.2 cm³/mol. The molecule has 0 amide bonds. The molecule has 0 saturated carbocycles. The first-order chi connectivity index (χ1) is 9.01. The summed E-state index contributed by atoms with van der Waals surface area (Å²) in [5.41, 5.74) is 1.59. The van der Waals surface area contributed by atoms with E-state index in [1.807, 2.05) is 13.8 Å². The van der Waals surface area contributed by atoms with E-state index in [0.717, 1.165) is 17.5 Å². The second kappa shape index (κ2) is 7.29. The summed E-state index contributed by atoms with van der Waals surface area (Å²) >= 11 is 0. The molecule has 1 aromatic rings. The van der Waals surface area contributed by atoms with Gasteiger partial charge >= 0.3 is 0 Å². The van der Waals surface area contributed by atoms with Crippen molar-refractivity contribution in [1.82, 2.24) is 4.72 Å². The third-order valence-corrected chi connectivity index (χ3v) is 3.97. The Morgan fingerprint density at radius 2 is 2.11 bits per heavy atom. The van der Waals surface area contributed by atoms with Crippen molar-refractivity contribution in [3.8, 4) is 11.8 Å². The van der Waals surface area contributed by atoms with E-state index in [2.05, 4.69) is 16.6 Å². The fourth-order valence-corrected chi connectivity index (χ4v) is 2.70. The summed E-state index contributed by atoms with van der Waals surface area (Å²) in [5.74, 6) is 5.73. The Morgan fingerprint density at radius 3 is 2.68 bits per heavy atom. The molecular weight excluding hydrogens is 262 g/mol. The van der Waals surface area contributed by atoms with Crippen molar-refractivity contribution in [3.63, 3.8) is 0 Å². The molecule has 1 aromatic carbocycles. The number of hydrogen-bond donors (Lipinski definition) is 2. The number of nitrogens with one attached hydrogen (secondary N) is 1. The van der Waals surface area contributed by atoms with Gasteiger partial charge in [0.25, 0.3) is 0 Å². The van der Waals surface area contributed by atoms with Crippen LogP contribution >= 0.6 is 0 Å². The van der Waals surface area contributed by atoms with E-state index in [1.54, 1.807) is 18.2 Å². The summed E-state index contributed by atoms with van der Waals surface area (Å²) in [6.07, 6.45) is 1.17. The molecule has 0 fully saturated rings. The lowest BCUT2D eigenvalue weighted by atomic mass is 10.1. The third-order valence-electron chi connectivity index (χ3n) is 2.51. The lowest BCUT2D eigenvalue weighted by Gasteiger charge is -2.07. The van der Waals surface area contributed by atoms with Crippen molar-refractivity contribution in [2.24, 2.45) is 0 Å². The van der Waals surface area contributed by atoms with Gasteiger partial charge in [0, 0.05) is 18.5 Å². The first-order valence-corrected chi connectivity index (χ1v) is 7.69. The zero-order valence-corrected chi connectivity index (χ0v) is 12.0. The molecule has 0 aromatic heterocycles. The summed E-state index contributed by atoms with van der Waals surface area (Å²) in [6, 6.07) is 4.86. The van der Waals surface area contributed by atoms with Crippen LogP contribution in [0.5, 0.6) is 0 Å². The molecule has 0 unspecified atom stereocenters. The maximum absolute atomic E-state index is 11.9. The summed E-state index contributed by atoms with van der Waals surface area (Å²) in [4.78, 5) is 0.256. The molecule has 104 valence electrons. The van der Waals surface area contributed by atoms with Gasteiger partial charge in [0.15, 0.2) is 0 Å².